The zero-order chi connectivity index (χ0) is 14.2. The van der Waals surface area contributed by atoms with Gasteiger partial charge in [0.05, 0.1) is 0 Å². The van der Waals surface area contributed by atoms with E-state index < -0.39 is 22.0 Å². The van der Waals surface area contributed by atoms with Crippen LogP contribution in [0, 0.1) is 6.92 Å². The minimum Gasteiger partial charge on any atom is -0.480 e. The molecule has 0 amide bonds. The lowest BCUT2D eigenvalue weighted by Crippen LogP contribution is -2.50. The Labute approximate surface area is 115 Å². The molecule has 1 aliphatic rings. The van der Waals surface area contributed by atoms with E-state index in [1.165, 1.54) is 18.0 Å². The molecule has 0 spiro atoms. The molecule has 0 saturated carbocycles. The first-order valence-electron chi connectivity index (χ1n) is 5.66. The molecular formula is C10H15N3O4S2. The normalized spacial score (nSPS) is 21.5. The third-order valence-corrected chi connectivity index (χ3v) is 5.83. The summed E-state index contributed by atoms with van der Waals surface area (Å²) in [5.74, 6) is 0.301. The van der Waals surface area contributed by atoms with Gasteiger partial charge in [-0.25, -0.2) is 13.4 Å². The van der Waals surface area contributed by atoms with Crippen molar-refractivity contribution in [2.24, 2.45) is 7.05 Å². The first kappa shape index (κ1) is 14.4. The molecule has 0 radical (unpaired) electrons. The molecule has 1 atom stereocenters. The Kier molecular flexibility index (Phi) is 3.88. The number of hydrogen-bond acceptors (Lipinski definition) is 5. The van der Waals surface area contributed by atoms with E-state index in [4.69, 9.17) is 5.11 Å². The smallest absolute Gasteiger partial charge is 0.322 e. The topological polar surface area (TPSA) is 92.5 Å². The molecule has 2 heterocycles. The van der Waals surface area contributed by atoms with Gasteiger partial charge in [-0.3, -0.25) is 4.79 Å². The van der Waals surface area contributed by atoms with Crippen LogP contribution >= 0.6 is 11.8 Å². The number of carboxylic acid groups (broad SMARTS) is 1. The SMILES string of the molecule is Cc1nc(S(=O)(=O)N2CCSCC2C(=O)O)cn1C. The van der Waals surface area contributed by atoms with Crippen molar-refractivity contribution in [3.8, 4) is 0 Å². The highest BCUT2D eigenvalue weighted by Gasteiger charge is 2.39. The van der Waals surface area contributed by atoms with Gasteiger partial charge >= 0.3 is 5.97 Å². The number of aliphatic carboxylic acids is 1. The van der Waals surface area contributed by atoms with Crippen LogP contribution < -0.4 is 0 Å². The second-order valence-corrected chi connectivity index (χ2v) is 7.27. The number of nitrogens with zero attached hydrogens (tertiary/aromatic N) is 3. The summed E-state index contributed by atoms with van der Waals surface area (Å²) in [5, 5.41) is 9.04. The van der Waals surface area contributed by atoms with Crippen LogP contribution in [0.3, 0.4) is 0 Å². The molecule has 1 saturated heterocycles. The van der Waals surface area contributed by atoms with Crippen LogP contribution in [0.5, 0.6) is 0 Å². The van der Waals surface area contributed by atoms with E-state index in [0.717, 1.165) is 4.31 Å². The molecule has 2 rings (SSSR count). The molecular weight excluding hydrogens is 290 g/mol. The molecule has 1 aromatic rings. The Morgan fingerprint density at radius 2 is 2.26 bits per heavy atom. The fourth-order valence-electron chi connectivity index (χ4n) is 1.84. The summed E-state index contributed by atoms with van der Waals surface area (Å²) < 4.78 is 27.5. The number of aryl methyl sites for hydroxylation is 2. The third-order valence-electron chi connectivity index (χ3n) is 3.02. The minimum atomic E-state index is -3.85. The molecule has 1 aliphatic heterocycles. The van der Waals surface area contributed by atoms with Gasteiger partial charge < -0.3 is 9.67 Å². The summed E-state index contributed by atoms with van der Waals surface area (Å²) in [6.45, 7) is 1.89. The summed E-state index contributed by atoms with van der Waals surface area (Å²) in [7, 11) is -2.15. The fourth-order valence-corrected chi connectivity index (χ4v) is 4.70. The number of thioether (sulfide) groups is 1. The summed E-state index contributed by atoms with van der Waals surface area (Å²) in [4.78, 5) is 15.2. The monoisotopic (exact) mass is 305 g/mol. The number of carboxylic acids is 1. The second kappa shape index (κ2) is 5.14. The highest BCUT2D eigenvalue weighted by atomic mass is 32.2. The summed E-state index contributed by atoms with van der Waals surface area (Å²) >= 11 is 1.44. The number of carbonyl (C=O) groups is 1. The lowest BCUT2D eigenvalue weighted by atomic mass is 10.3. The van der Waals surface area contributed by atoms with Gasteiger partial charge in [-0.1, -0.05) is 0 Å². The van der Waals surface area contributed by atoms with Crippen molar-refractivity contribution >= 4 is 27.8 Å². The lowest BCUT2D eigenvalue weighted by molar-refractivity contribution is -0.140. The van der Waals surface area contributed by atoms with Gasteiger partial charge in [0, 0.05) is 31.3 Å². The highest BCUT2D eigenvalue weighted by molar-refractivity contribution is 7.99. The maximum Gasteiger partial charge on any atom is 0.322 e. The third kappa shape index (κ3) is 2.63. The van der Waals surface area contributed by atoms with Gasteiger partial charge in [-0.05, 0) is 6.92 Å². The van der Waals surface area contributed by atoms with Crippen LogP contribution in [0.4, 0.5) is 0 Å². The second-order valence-electron chi connectivity index (χ2n) is 4.28. The van der Waals surface area contributed by atoms with E-state index in [-0.39, 0.29) is 17.3 Å². The largest absolute Gasteiger partial charge is 0.480 e. The van der Waals surface area contributed by atoms with Crippen molar-refractivity contribution in [2.45, 2.75) is 18.0 Å². The zero-order valence-electron chi connectivity index (χ0n) is 10.6. The zero-order valence-corrected chi connectivity index (χ0v) is 12.2. The highest BCUT2D eigenvalue weighted by Crippen LogP contribution is 2.24. The van der Waals surface area contributed by atoms with Crippen molar-refractivity contribution in [3.63, 3.8) is 0 Å². The molecule has 19 heavy (non-hydrogen) atoms. The number of hydrogen-bond donors (Lipinski definition) is 1. The van der Waals surface area contributed by atoms with E-state index in [9.17, 15) is 13.2 Å². The predicted molar refractivity (Wildman–Crippen MR) is 70.6 cm³/mol. The fraction of sp³-hybridized carbons (Fsp3) is 0.600. The van der Waals surface area contributed by atoms with Gasteiger partial charge in [0.1, 0.15) is 11.9 Å². The molecule has 0 aliphatic carbocycles. The molecule has 1 fully saturated rings. The van der Waals surface area contributed by atoms with Crippen LogP contribution in [0.25, 0.3) is 0 Å². The molecule has 1 unspecified atom stereocenters. The van der Waals surface area contributed by atoms with Gasteiger partial charge in [0.2, 0.25) is 0 Å². The number of aromatic nitrogens is 2. The van der Waals surface area contributed by atoms with Gasteiger partial charge in [-0.2, -0.15) is 16.1 Å². The van der Waals surface area contributed by atoms with Gasteiger partial charge in [0.15, 0.2) is 5.03 Å². The van der Waals surface area contributed by atoms with Crippen LogP contribution in [-0.4, -0.2) is 57.4 Å². The van der Waals surface area contributed by atoms with Crippen molar-refractivity contribution in [1.82, 2.24) is 13.9 Å². The average molecular weight is 305 g/mol. The number of rotatable bonds is 3. The predicted octanol–water partition coefficient (Wildman–Crippen LogP) is -0.0808. The van der Waals surface area contributed by atoms with Gasteiger partial charge in [0.25, 0.3) is 10.0 Å². The minimum absolute atomic E-state index is 0.0920. The van der Waals surface area contributed by atoms with E-state index in [0.29, 0.717) is 11.6 Å². The molecule has 1 N–H and O–H groups in total. The summed E-state index contributed by atoms with van der Waals surface area (Å²) in [6.07, 6.45) is 1.41. The van der Waals surface area contributed by atoms with Crippen molar-refractivity contribution in [3.05, 3.63) is 12.0 Å². The van der Waals surface area contributed by atoms with Crippen LogP contribution in [0.1, 0.15) is 5.82 Å². The first-order valence-corrected chi connectivity index (χ1v) is 8.26. The molecule has 0 bridgehead atoms. The molecule has 7 nitrogen and oxygen atoms in total. The van der Waals surface area contributed by atoms with Crippen molar-refractivity contribution in [2.75, 3.05) is 18.1 Å². The van der Waals surface area contributed by atoms with Crippen LogP contribution in [0.15, 0.2) is 11.2 Å². The van der Waals surface area contributed by atoms with E-state index in [2.05, 4.69) is 4.98 Å². The number of imidazole rings is 1. The van der Waals surface area contributed by atoms with Gasteiger partial charge in [-0.15, -0.1) is 0 Å². The summed E-state index contributed by atoms with van der Waals surface area (Å²) in [6, 6.07) is -1.02. The Morgan fingerprint density at radius 3 is 2.79 bits per heavy atom. The van der Waals surface area contributed by atoms with E-state index in [1.54, 1.807) is 18.5 Å². The first-order chi connectivity index (χ1) is 8.84. The lowest BCUT2D eigenvalue weighted by Gasteiger charge is -2.30. The van der Waals surface area contributed by atoms with E-state index in [1.807, 2.05) is 0 Å². The van der Waals surface area contributed by atoms with Crippen LogP contribution in [-0.2, 0) is 21.9 Å². The Morgan fingerprint density at radius 1 is 1.58 bits per heavy atom. The Bertz CT molecular complexity index is 576. The number of sulfonamides is 1. The summed E-state index contributed by atoms with van der Waals surface area (Å²) in [5.41, 5.74) is 0. The molecule has 0 aromatic carbocycles. The molecule has 9 heteroatoms. The maximum atomic E-state index is 12.4. The van der Waals surface area contributed by atoms with E-state index >= 15 is 0 Å². The van der Waals surface area contributed by atoms with Crippen molar-refractivity contribution in [1.29, 1.82) is 0 Å². The van der Waals surface area contributed by atoms with Crippen molar-refractivity contribution < 1.29 is 18.3 Å². The maximum absolute atomic E-state index is 12.4. The Balaban J connectivity index is 2.39. The quantitative estimate of drug-likeness (QED) is 0.839. The standard InChI is InChI=1S/C10H15N3O4S2/c1-7-11-9(5-12(7)2)19(16,17)13-3-4-18-6-8(13)10(14)15/h5,8H,3-4,6H2,1-2H3,(H,14,15). The average Bonchev–Trinajstić information content (AvgIpc) is 2.70. The van der Waals surface area contributed by atoms with Crippen LogP contribution in [0.2, 0.25) is 0 Å². The molecule has 1 aromatic heterocycles. The molecule has 106 valence electrons. The Hall–Kier alpha value is -1.06.